The fourth-order valence-corrected chi connectivity index (χ4v) is 1.68. The van der Waals surface area contributed by atoms with E-state index in [0.29, 0.717) is 16.7 Å². The van der Waals surface area contributed by atoms with E-state index in [9.17, 15) is 4.79 Å². The van der Waals surface area contributed by atoms with E-state index < -0.39 is 5.97 Å². The summed E-state index contributed by atoms with van der Waals surface area (Å²) in [4.78, 5) is 18.4. The minimum Gasteiger partial charge on any atom is -0.478 e. The molecule has 0 spiro atoms. The second-order valence-electron chi connectivity index (χ2n) is 2.81. The SMILES string of the molecule is O=C(O)c1ccc(SCc2ncno2)nc1. The van der Waals surface area contributed by atoms with Crippen molar-refractivity contribution < 1.29 is 14.4 Å². The molecule has 2 aromatic rings. The maximum absolute atomic E-state index is 10.6. The number of aromatic carboxylic acids is 1. The van der Waals surface area contributed by atoms with E-state index in [-0.39, 0.29) is 5.56 Å². The monoisotopic (exact) mass is 237 g/mol. The van der Waals surface area contributed by atoms with E-state index in [1.165, 1.54) is 30.4 Å². The van der Waals surface area contributed by atoms with Crippen molar-refractivity contribution >= 4 is 17.7 Å². The van der Waals surface area contributed by atoms with Crippen LogP contribution in [0.3, 0.4) is 0 Å². The normalized spacial score (nSPS) is 10.2. The van der Waals surface area contributed by atoms with E-state index in [0.717, 1.165) is 0 Å². The number of carbonyl (C=O) groups is 1. The van der Waals surface area contributed by atoms with Crippen molar-refractivity contribution in [3.63, 3.8) is 0 Å². The van der Waals surface area contributed by atoms with Crippen LogP contribution in [-0.4, -0.2) is 26.2 Å². The lowest BCUT2D eigenvalue weighted by atomic mass is 10.3. The van der Waals surface area contributed by atoms with Crippen LogP contribution >= 0.6 is 11.8 Å². The molecule has 82 valence electrons. The Bertz CT molecular complexity index is 469. The predicted molar refractivity (Wildman–Crippen MR) is 55.1 cm³/mol. The van der Waals surface area contributed by atoms with Crippen LogP contribution in [0.5, 0.6) is 0 Å². The number of nitrogens with zero attached hydrogens (tertiary/aromatic N) is 3. The molecule has 16 heavy (non-hydrogen) atoms. The molecule has 0 radical (unpaired) electrons. The van der Waals surface area contributed by atoms with Crippen LogP contribution in [0.2, 0.25) is 0 Å². The van der Waals surface area contributed by atoms with Gasteiger partial charge in [0.2, 0.25) is 5.89 Å². The van der Waals surface area contributed by atoms with Crippen LogP contribution < -0.4 is 0 Å². The predicted octanol–water partition coefficient (Wildman–Crippen LogP) is 1.46. The molecule has 0 aliphatic heterocycles. The van der Waals surface area contributed by atoms with Gasteiger partial charge < -0.3 is 9.63 Å². The molecule has 2 heterocycles. The maximum Gasteiger partial charge on any atom is 0.337 e. The third-order valence-electron chi connectivity index (χ3n) is 1.73. The van der Waals surface area contributed by atoms with Gasteiger partial charge in [-0.15, -0.1) is 0 Å². The number of thioether (sulfide) groups is 1. The summed E-state index contributed by atoms with van der Waals surface area (Å²) in [6.45, 7) is 0. The molecule has 6 nitrogen and oxygen atoms in total. The first-order valence-electron chi connectivity index (χ1n) is 4.33. The highest BCUT2D eigenvalue weighted by atomic mass is 32.2. The topological polar surface area (TPSA) is 89.1 Å². The molecule has 0 atom stereocenters. The van der Waals surface area contributed by atoms with Crippen LogP contribution in [0.4, 0.5) is 0 Å². The summed E-state index contributed by atoms with van der Waals surface area (Å²) in [5.74, 6) is 0.0365. The molecule has 2 aromatic heterocycles. The standard InChI is InChI=1S/C9H7N3O3S/c13-9(14)6-1-2-8(10-3-6)16-4-7-11-5-12-15-7/h1-3,5H,4H2,(H,13,14). The molecule has 0 fully saturated rings. The summed E-state index contributed by atoms with van der Waals surface area (Å²) >= 11 is 1.40. The number of aromatic nitrogens is 3. The highest BCUT2D eigenvalue weighted by molar-refractivity contribution is 7.98. The molecule has 2 rings (SSSR count). The summed E-state index contributed by atoms with van der Waals surface area (Å²) in [6.07, 6.45) is 2.65. The fraction of sp³-hybridized carbons (Fsp3) is 0.111. The minimum atomic E-state index is -0.985. The third kappa shape index (κ3) is 2.57. The van der Waals surface area contributed by atoms with E-state index in [1.807, 2.05) is 0 Å². The van der Waals surface area contributed by atoms with Gasteiger partial charge in [0.05, 0.1) is 16.3 Å². The van der Waals surface area contributed by atoms with Gasteiger partial charge in [0, 0.05) is 6.20 Å². The summed E-state index contributed by atoms with van der Waals surface area (Å²) in [6, 6.07) is 3.15. The van der Waals surface area contributed by atoms with Crippen molar-refractivity contribution in [3.05, 3.63) is 36.1 Å². The molecule has 0 bridgehead atoms. The molecule has 0 unspecified atom stereocenters. The van der Waals surface area contributed by atoms with Crippen molar-refractivity contribution in [1.82, 2.24) is 15.1 Å². The molecule has 0 aliphatic carbocycles. The maximum atomic E-state index is 10.6. The van der Waals surface area contributed by atoms with E-state index in [4.69, 9.17) is 9.63 Å². The van der Waals surface area contributed by atoms with Crippen molar-refractivity contribution in [2.75, 3.05) is 0 Å². The van der Waals surface area contributed by atoms with Crippen molar-refractivity contribution in [3.8, 4) is 0 Å². The lowest BCUT2D eigenvalue weighted by Crippen LogP contribution is -1.96. The first-order valence-corrected chi connectivity index (χ1v) is 5.32. The molecule has 0 saturated heterocycles. The van der Waals surface area contributed by atoms with Crippen LogP contribution in [0.1, 0.15) is 16.2 Å². The zero-order valence-corrected chi connectivity index (χ0v) is 8.85. The highest BCUT2D eigenvalue weighted by Crippen LogP contribution is 2.19. The summed E-state index contributed by atoms with van der Waals surface area (Å²) < 4.78 is 4.81. The summed E-state index contributed by atoms with van der Waals surface area (Å²) in [5, 5.41) is 12.9. The van der Waals surface area contributed by atoms with Gasteiger partial charge in [-0.1, -0.05) is 16.9 Å². The van der Waals surface area contributed by atoms with Gasteiger partial charge in [-0.3, -0.25) is 0 Å². The van der Waals surface area contributed by atoms with E-state index in [2.05, 4.69) is 15.1 Å². The average Bonchev–Trinajstić information content (AvgIpc) is 2.80. The van der Waals surface area contributed by atoms with Crippen LogP contribution in [-0.2, 0) is 5.75 Å². The van der Waals surface area contributed by atoms with Gasteiger partial charge in [0.1, 0.15) is 0 Å². The smallest absolute Gasteiger partial charge is 0.337 e. The Hall–Kier alpha value is -1.89. The van der Waals surface area contributed by atoms with Crippen LogP contribution in [0, 0.1) is 0 Å². The van der Waals surface area contributed by atoms with Crippen LogP contribution in [0.15, 0.2) is 34.2 Å². The number of hydrogen-bond acceptors (Lipinski definition) is 6. The molecule has 0 aromatic carbocycles. The molecule has 0 aliphatic rings. The number of rotatable bonds is 4. The van der Waals surface area contributed by atoms with E-state index >= 15 is 0 Å². The number of hydrogen-bond donors (Lipinski definition) is 1. The Morgan fingerprint density at radius 2 is 2.31 bits per heavy atom. The largest absolute Gasteiger partial charge is 0.478 e. The summed E-state index contributed by atoms with van der Waals surface area (Å²) in [7, 11) is 0. The van der Waals surface area contributed by atoms with Crippen LogP contribution in [0.25, 0.3) is 0 Å². The second-order valence-corrected chi connectivity index (χ2v) is 3.81. The van der Waals surface area contributed by atoms with Gasteiger partial charge in [-0.2, -0.15) is 4.98 Å². The van der Waals surface area contributed by atoms with Crippen molar-refractivity contribution in [2.45, 2.75) is 10.8 Å². The first-order chi connectivity index (χ1) is 7.75. The molecule has 0 amide bonds. The minimum absolute atomic E-state index is 0.169. The van der Waals surface area contributed by atoms with Gasteiger partial charge in [-0.05, 0) is 12.1 Å². The fourth-order valence-electron chi connectivity index (χ4n) is 0.987. The molecule has 1 N–H and O–H groups in total. The highest BCUT2D eigenvalue weighted by Gasteiger charge is 2.05. The summed E-state index contributed by atoms with van der Waals surface area (Å²) in [5.41, 5.74) is 0.169. The van der Waals surface area contributed by atoms with Crippen molar-refractivity contribution in [1.29, 1.82) is 0 Å². The first kappa shape index (κ1) is 10.6. The number of pyridine rings is 1. The van der Waals surface area contributed by atoms with Gasteiger partial charge in [-0.25, -0.2) is 9.78 Å². The third-order valence-corrected chi connectivity index (χ3v) is 2.66. The van der Waals surface area contributed by atoms with Gasteiger partial charge >= 0.3 is 5.97 Å². The molecular weight excluding hydrogens is 230 g/mol. The molecular formula is C9H7N3O3S. The second kappa shape index (κ2) is 4.75. The Balaban J connectivity index is 1.98. The number of carboxylic acids is 1. The zero-order valence-electron chi connectivity index (χ0n) is 8.03. The van der Waals surface area contributed by atoms with E-state index in [1.54, 1.807) is 6.07 Å². The quantitative estimate of drug-likeness (QED) is 0.805. The lowest BCUT2D eigenvalue weighted by Gasteiger charge is -1.98. The molecule has 0 saturated carbocycles. The van der Waals surface area contributed by atoms with Gasteiger partial charge in [0.15, 0.2) is 6.33 Å². The Labute approximate surface area is 94.7 Å². The Morgan fingerprint density at radius 3 is 2.88 bits per heavy atom. The lowest BCUT2D eigenvalue weighted by molar-refractivity contribution is 0.0696. The Kier molecular flexibility index (Phi) is 3.16. The zero-order chi connectivity index (χ0) is 11.4. The molecule has 7 heteroatoms. The number of carboxylic acid groups (broad SMARTS) is 1. The average molecular weight is 237 g/mol. The Morgan fingerprint density at radius 1 is 1.44 bits per heavy atom. The van der Waals surface area contributed by atoms with Gasteiger partial charge in [0.25, 0.3) is 0 Å². The van der Waals surface area contributed by atoms with Crippen molar-refractivity contribution in [2.24, 2.45) is 0 Å².